The first-order valence-corrected chi connectivity index (χ1v) is 20.0. The number of carboxylic acid groups (broad SMARTS) is 1. The molecule has 1 aromatic carbocycles. The van der Waals surface area contributed by atoms with Crippen LogP contribution in [0.3, 0.4) is 0 Å². The molecule has 51 heavy (non-hydrogen) atoms. The number of carbonyl (C=O) groups is 1. The number of carboxylic acids is 1. The fraction of sp³-hybridized carbons (Fsp3) is 0.707. The van der Waals surface area contributed by atoms with Crippen LogP contribution in [0, 0.1) is 12.7 Å². The summed E-state index contributed by atoms with van der Waals surface area (Å²) < 4.78 is 20.4. The number of aliphatic hydroxyl groups excluding tert-OH is 1. The molecule has 4 heterocycles. The summed E-state index contributed by atoms with van der Waals surface area (Å²) in [6, 6.07) is 4.58. The van der Waals surface area contributed by atoms with E-state index in [-0.39, 0.29) is 17.8 Å². The Bertz CT molecular complexity index is 1530. The Morgan fingerprint density at radius 3 is 2.14 bits per heavy atom. The highest BCUT2D eigenvalue weighted by molar-refractivity contribution is 5.79. The highest BCUT2D eigenvalue weighted by atomic mass is 19.1. The van der Waals surface area contributed by atoms with Gasteiger partial charge in [-0.25, -0.2) is 9.37 Å². The fourth-order valence-corrected chi connectivity index (χ4v) is 7.62. The second-order valence-electron chi connectivity index (χ2n) is 14.8. The Labute approximate surface area is 304 Å². The van der Waals surface area contributed by atoms with Crippen LogP contribution in [0.2, 0.25) is 0 Å². The smallest absolute Gasteiger partial charge is 0.257 e. The number of unbranched alkanes of at least 4 members (excludes halogenated alkanes) is 14. The van der Waals surface area contributed by atoms with Gasteiger partial charge in [-0.3, -0.25) is 9.36 Å². The summed E-state index contributed by atoms with van der Waals surface area (Å²) in [5.74, 6) is -0.414. The maximum Gasteiger partial charge on any atom is 0.257 e. The number of fused-ring (bicyclic) bond motifs is 2. The number of piperidine rings is 1. The minimum Gasteiger partial charge on any atom is -0.550 e. The van der Waals surface area contributed by atoms with Crippen LogP contribution in [-0.2, 0) is 17.8 Å². The highest BCUT2D eigenvalue weighted by Gasteiger charge is 2.27. The van der Waals surface area contributed by atoms with Crippen molar-refractivity contribution < 1.29 is 23.9 Å². The number of benzene rings is 1. The Kier molecular flexibility index (Phi) is 17.6. The zero-order valence-corrected chi connectivity index (χ0v) is 31.3. The lowest BCUT2D eigenvalue weighted by atomic mass is 9.91. The van der Waals surface area contributed by atoms with Crippen LogP contribution in [0.5, 0.6) is 0 Å². The molecule has 1 saturated heterocycles. The molecule has 10 heteroatoms. The Morgan fingerprint density at radius 1 is 0.922 bits per heavy atom. The molecule has 2 aromatic heterocycles. The lowest BCUT2D eigenvalue weighted by Crippen LogP contribution is -2.37. The van der Waals surface area contributed by atoms with Gasteiger partial charge in [-0.1, -0.05) is 102 Å². The van der Waals surface area contributed by atoms with Crippen LogP contribution in [0.1, 0.15) is 170 Å². The van der Waals surface area contributed by atoms with Gasteiger partial charge >= 0.3 is 0 Å². The SMILES string of the molecule is CCCCCCCCCCCCCCCCCC(=O)[O-].Cc1nc2n(c(=O)c1CCN1CCC(c3noc4cc(F)ccc34)CC1)CCCC2O. The predicted molar refractivity (Wildman–Crippen MR) is 198 cm³/mol. The lowest BCUT2D eigenvalue weighted by molar-refractivity contribution is -0.305. The van der Waals surface area contributed by atoms with Gasteiger partial charge in [-0.15, -0.1) is 0 Å². The third-order valence-electron chi connectivity index (χ3n) is 10.8. The van der Waals surface area contributed by atoms with Crippen LogP contribution >= 0.6 is 0 Å². The van der Waals surface area contributed by atoms with Crippen molar-refractivity contribution in [3.63, 3.8) is 0 Å². The summed E-state index contributed by atoms with van der Waals surface area (Å²) in [4.78, 5) is 30.1. The number of aromatic nitrogens is 3. The second-order valence-corrected chi connectivity index (χ2v) is 14.8. The maximum atomic E-state index is 13.4. The third kappa shape index (κ3) is 13.1. The molecule has 9 nitrogen and oxygen atoms in total. The zero-order chi connectivity index (χ0) is 36.4. The number of aliphatic hydroxyl groups is 1. The van der Waals surface area contributed by atoms with Gasteiger partial charge in [-0.2, -0.15) is 0 Å². The van der Waals surface area contributed by atoms with Crippen LogP contribution in [0.25, 0.3) is 11.0 Å². The molecule has 0 aliphatic carbocycles. The van der Waals surface area contributed by atoms with Crippen molar-refractivity contribution in [1.82, 2.24) is 19.6 Å². The number of rotatable bonds is 20. The van der Waals surface area contributed by atoms with Gasteiger partial charge in [0.05, 0.1) is 5.69 Å². The molecular weight excluding hydrogens is 647 g/mol. The average molecular weight is 710 g/mol. The van der Waals surface area contributed by atoms with E-state index in [1.54, 1.807) is 10.6 Å². The van der Waals surface area contributed by atoms with E-state index >= 15 is 0 Å². The van der Waals surface area contributed by atoms with Gasteiger partial charge in [0.2, 0.25) is 0 Å². The van der Waals surface area contributed by atoms with E-state index < -0.39 is 12.1 Å². The van der Waals surface area contributed by atoms with Gasteiger partial charge < -0.3 is 24.4 Å². The molecule has 0 saturated carbocycles. The summed E-state index contributed by atoms with van der Waals surface area (Å²) in [5.41, 5.74) is 2.90. The molecule has 1 fully saturated rings. The van der Waals surface area contributed by atoms with Crippen LogP contribution in [-0.4, -0.2) is 50.3 Å². The summed E-state index contributed by atoms with van der Waals surface area (Å²) in [6.07, 6.45) is 23.2. The van der Waals surface area contributed by atoms with E-state index in [0.717, 1.165) is 74.1 Å². The van der Waals surface area contributed by atoms with Crippen molar-refractivity contribution in [3.8, 4) is 0 Å². The van der Waals surface area contributed by atoms with Gasteiger partial charge in [-0.05, 0) is 77.1 Å². The van der Waals surface area contributed by atoms with E-state index in [4.69, 9.17) is 4.52 Å². The Balaban J connectivity index is 0.000000255. The highest BCUT2D eigenvalue weighted by Crippen LogP contribution is 2.33. The molecule has 0 spiro atoms. The van der Waals surface area contributed by atoms with Crippen molar-refractivity contribution in [1.29, 1.82) is 0 Å². The fourth-order valence-electron chi connectivity index (χ4n) is 7.62. The molecule has 5 rings (SSSR count). The van der Waals surface area contributed by atoms with Gasteiger partial charge in [0.1, 0.15) is 17.7 Å². The topological polar surface area (TPSA) is 125 Å². The van der Waals surface area contributed by atoms with Crippen molar-refractivity contribution in [3.05, 3.63) is 57.1 Å². The number of halogens is 1. The molecule has 2 aliphatic rings. The van der Waals surface area contributed by atoms with Crippen molar-refractivity contribution in [2.45, 2.75) is 167 Å². The first kappa shape index (κ1) is 40.7. The standard InChI is InChI=1S/C23H27FN4O3.C18H36O2/c1-14-17(23(30)28-9-2-3-19(29)22(28)25-14)8-12-27-10-6-15(7-11-27)21-18-5-4-16(24)13-20(18)31-26-21;1-2-3-4-5-6-7-8-9-10-11-12-13-14-15-16-17-18(19)20/h4-5,13,15,19,29H,2-3,6-12H2,1H3;2-17H2,1H3,(H,19,20)/p-1. The third-order valence-corrected chi connectivity index (χ3v) is 10.8. The number of hydrogen-bond acceptors (Lipinski definition) is 8. The lowest BCUT2D eigenvalue weighted by Gasteiger charge is -2.31. The van der Waals surface area contributed by atoms with E-state index in [9.17, 15) is 24.2 Å². The number of carbonyl (C=O) groups excluding carboxylic acids is 1. The minimum atomic E-state index is -0.903. The van der Waals surface area contributed by atoms with Crippen molar-refractivity contribution >= 4 is 16.9 Å². The summed E-state index contributed by atoms with van der Waals surface area (Å²) in [7, 11) is 0. The Morgan fingerprint density at radius 2 is 1.53 bits per heavy atom. The minimum absolute atomic E-state index is 0.00237. The van der Waals surface area contributed by atoms with Crippen molar-refractivity contribution in [2.75, 3.05) is 19.6 Å². The molecule has 1 atom stereocenters. The van der Waals surface area contributed by atoms with Crippen molar-refractivity contribution in [2.24, 2.45) is 0 Å². The van der Waals surface area contributed by atoms with E-state index in [2.05, 4.69) is 22.0 Å². The van der Waals surface area contributed by atoms with Crippen LogP contribution in [0.4, 0.5) is 4.39 Å². The largest absolute Gasteiger partial charge is 0.550 e. The average Bonchev–Trinajstić information content (AvgIpc) is 3.54. The van der Waals surface area contributed by atoms with Crippen LogP contribution < -0.4 is 10.7 Å². The molecule has 0 amide bonds. The molecule has 1 N–H and O–H groups in total. The molecule has 0 bridgehead atoms. The molecule has 3 aromatic rings. The van der Waals surface area contributed by atoms with E-state index in [1.807, 2.05) is 6.92 Å². The normalized spacial score (nSPS) is 16.6. The number of likely N-dealkylation sites (tertiary alicyclic amines) is 1. The first-order valence-electron chi connectivity index (χ1n) is 20.0. The Hall–Kier alpha value is -3.11. The second kappa shape index (κ2) is 22.1. The number of hydrogen-bond donors (Lipinski definition) is 1. The molecule has 2 aliphatic heterocycles. The predicted octanol–water partition coefficient (Wildman–Crippen LogP) is 8.08. The molecule has 0 radical (unpaired) electrons. The number of nitrogens with zero attached hydrogens (tertiary/aromatic N) is 4. The van der Waals surface area contributed by atoms with E-state index in [1.165, 1.54) is 95.6 Å². The molecule has 284 valence electrons. The molecule has 1 unspecified atom stereocenters. The van der Waals surface area contributed by atoms with Gasteiger partial charge in [0.25, 0.3) is 5.56 Å². The van der Waals surface area contributed by atoms with E-state index in [0.29, 0.717) is 36.7 Å². The van der Waals surface area contributed by atoms with Gasteiger partial charge in [0, 0.05) is 47.7 Å². The summed E-state index contributed by atoms with van der Waals surface area (Å²) >= 11 is 0. The first-order chi connectivity index (χ1) is 24.8. The zero-order valence-electron chi connectivity index (χ0n) is 31.3. The number of aliphatic carboxylic acids is 1. The maximum absolute atomic E-state index is 13.4. The van der Waals surface area contributed by atoms with Gasteiger partial charge in [0.15, 0.2) is 5.58 Å². The summed E-state index contributed by atoms with van der Waals surface area (Å²) in [6.45, 7) is 7.39. The number of aryl methyl sites for hydroxylation is 1. The monoisotopic (exact) mass is 709 g/mol. The summed E-state index contributed by atoms with van der Waals surface area (Å²) in [5, 5.41) is 25.5. The quantitative estimate of drug-likeness (QED) is 0.117. The molecular formula is C41H62FN4O5-. The van der Waals surface area contributed by atoms with Crippen LogP contribution in [0.15, 0.2) is 27.5 Å².